The summed E-state index contributed by atoms with van der Waals surface area (Å²) < 4.78 is 0. The monoisotopic (exact) mass is 384 g/mol. The summed E-state index contributed by atoms with van der Waals surface area (Å²) in [5, 5.41) is 10.2. The minimum Gasteiger partial charge on any atom is -0.340 e. The second-order valence-corrected chi connectivity index (χ2v) is 7.73. The molecule has 1 saturated heterocycles. The predicted octanol–water partition coefficient (Wildman–Crippen LogP) is 3.40. The number of nitrogens with zero attached hydrogens (tertiary/aromatic N) is 4. The second kappa shape index (κ2) is 8.02. The van der Waals surface area contributed by atoms with Crippen LogP contribution >= 0.6 is 0 Å². The van der Waals surface area contributed by atoms with Gasteiger partial charge in [0.1, 0.15) is 0 Å². The van der Waals surface area contributed by atoms with Crippen molar-refractivity contribution in [2.45, 2.75) is 13.3 Å². The Morgan fingerprint density at radius 1 is 1.10 bits per heavy atom. The van der Waals surface area contributed by atoms with Crippen molar-refractivity contribution in [3.05, 3.63) is 65.2 Å². The quantitative estimate of drug-likeness (QED) is 0.694. The van der Waals surface area contributed by atoms with Crippen LogP contribution in [0.25, 0.3) is 22.2 Å². The van der Waals surface area contributed by atoms with Gasteiger partial charge in [-0.15, -0.1) is 0 Å². The van der Waals surface area contributed by atoms with Crippen LogP contribution in [0.2, 0.25) is 0 Å². The fourth-order valence-electron chi connectivity index (χ4n) is 3.79. The Balaban J connectivity index is 1.59. The van der Waals surface area contributed by atoms with Crippen LogP contribution in [-0.2, 0) is 11.2 Å². The number of aromatic nitrogens is 1. The number of amides is 1. The molecule has 0 radical (unpaired) electrons. The zero-order chi connectivity index (χ0) is 20.4. The van der Waals surface area contributed by atoms with Gasteiger partial charge in [-0.05, 0) is 55.4 Å². The predicted molar refractivity (Wildman–Crippen MR) is 114 cm³/mol. The van der Waals surface area contributed by atoms with E-state index in [0.717, 1.165) is 59.5 Å². The fraction of sp³-hybridized carbons (Fsp3) is 0.292. The molecule has 5 nitrogen and oxygen atoms in total. The fourth-order valence-corrected chi connectivity index (χ4v) is 3.79. The number of carbonyl (C=O) groups excluding carboxylic acids is 1. The third-order valence-electron chi connectivity index (χ3n) is 5.58. The van der Waals surface area contributed by atoms with E-state index in [1.165, 1.54) is 0 Å². The topological polar surface area (TPSA) is 60.2 Å². The van der Waals surface area contributed by atoms with Crippen molar-refractivity contribution >= 4 is 16.8 Å². The standard InChI is InChI=1S/C24H24N4O/c1-17-12-23(20-5-3-4-19(13-20)16-25)26-22-7-6-18(14-21(17)22)15-24(29)28-10-8-27(2)9-11-28/h3-7,12-14H,8-11,15H2,1-2H3. The van der Waals surface area contributed by atoms with Crippen molar-refractivity contribution in [1.82, 2.24) is 14.8 Å². The molecule has 2 heterocycles. The third-order valence-corrected chi connectivity index (χ3v) is 5.58. The molecule has 1 fully saturated rings. The van der Waals surface area contributed by atoms with Gasteiger partial charge in [0.2, 0.25) is 5.91 Å². The third kappa shape index (κ3) is 4.13. The Morgan fingerprint density at radius 3 is 2.66 bits per heavy atom. The molecule has 1 aromatic heterocycles. The summed E-state index contributed by atoms with van der Waals surface area (Å²) in [6, 6.07) is 17.8. The lowest BCUT2D eigenvalue weighted by Gasteiger charge is -2.32. The lowest BCUT2D eigenvalue weighted by molar-refractivity contribution is -0.132. The van der Waals surface area contributed by atoms with Crippen molar-refractivity contribution in [2.24, 2.45) is 0 Å². The minimum atomic E-state index is 0.188. The summed E-state index contributed by atoms with van der Waals surface area (Å²) in [7, 11) is 2.09. The Hall–Kier alpha value is -3.23. The zero-order valence-electron chi connectivity index (χ0n) is 16.9. The summed E-state index contributed by atoms with van der Waals surface area (Å²) in [5.74, 6) is 0.188. The maximum atomic E-state index is 12.7. The molecule has 5 heteroatoms. The van der Waals surface area contributed by atoms with Crippen molar-refractivity contribution in [3.8, 4) is 17.3 Å². The first kappa shape index (κ1) is 19.1. The first-order valence-corrected chi connectivity index (χ1v) is 9.90. The van der Waals surface area contributed by atoms with E-state index in [0.29, 0.717) is 12.0 Å². The molecule has 4 rings (SSSR count). The molecule has 3 aromatic rings. The van der Waals surface area contributed by atoms with Gasteiger partial charge in [-0.3, -0.25) is 4.79 Å². The van der Waals surface area contributed by atoms with Crippen LogP contribution in [0.15, 0.2) is 48.5 Å². The van der Waals surface area contributed by atoms with E-state index in [9.17, 15) is 4.79 Å². The molecule has 0 N–H and O–H groups in total. The molecule has 1 aliphatic rings. The Morgan fingerprint density at radius 2 is 1.90 bits per heavy atom. The molecule has 0 aliphatic carbocycles. The Bertz CT molecular complexity index is 1110. The number of aryl methyl sites for hydroxylation is 1. The SMILES string of the molecule is Cc1cc(-c2cccc(C#N)c2)nc2ccc(CC(=O)N3CCN(C)CC3)cc12. The Kier molecular flexibility index (Phi) is 5.28. The summed E-state index contributed by atoms with van der Waals surface area (Å²) in [6.07, 6.45) is 0.422. The number of fused-ring (bicyclic) bond motifs is 1. The van der Waals surface area contributed by atoms with Crippen LogP contribution < -0.4 is 0 Å². The van der Waals surface area contributed by atoms with Crippen LogP contribution in [-0.4, -0.2) is 53.9 Å². The van der Waals surface area contributed by atoms with Gasteiger partial charge in [-0.2, -0.15) is 5.26 Å². The normalized spacial score (nSPS) is 14.7. The van der Waals surface area contributed by atoms with E-state index in [4.69, 9.17) is 10.2 Å². The van der Waals surface area contributed by atoms with Gasteiger partial charge in [0.05, 0.1) is 29.3 Å². The van der Waals surface area contributed by atoms with Gasteiger partial charge in [-0.25, -0.2) is 4.98 Å². The molecule has 0 bridgehead atoms. The van der Waals surface area contributed by atoms with E-state index >= 15 is 0 Å². The lowest BCUT2D eigenvalue weighted by atomic mass is 10.0. The molecule has 1 aliphatic heterocycles. The van der Waals surface area contributed by atoms with Crippen LogP contribution in [0, 0.1) is 18.3 Å². The highest BCUT2D eigenvalue weighted by molar-refractivity contribution is 5.87. The number of rotatable bonds is 3. The van der Waals surface area contributed by atoms with Gasteiger partial charge in [0.15, 0.2) is 0 Å². The number of benzene rings is 2. The van der Waals surface area contributed by atoms with Crippen molar-refractivity contribution in [1.29, 1.82) is 5.26 Å². The van der Waals surface area contributed by atoms with E-state index in [-0.39, 0.29) is 5.91 Å². The molecular weight excluding hydrogens is 360 g/mol. The van der Waals surface area contributed by atoms with Crippen molar-refractivity contribution < 1.29 is 4.79 Å². The molecule has 146 valence electrons. The number of piperazine rings is 1. The summed E-state index contributed by atoms with van der Waals surface area (Å²) in [5.41, 5.74) is 5.45. The summed E-state index contributed by atoms with van der Waals surface area (Å²) in [4.78, 5) is 21.7. The highest BCUT2D eigenvalue weighted by Crippen LogP contribution is 2.26. The van der Waals surface area contributed by atoms with E-state index in [1.54, 1.807) is 6.07 Å². The zero-order valence-corrected chi connectivity index (χ0v) is 16.9. The van der Waals surface area contributed by atoms with E-state index < -0.39 is 0 Å². The number of nitriles is 1. The van der Waals surface area contributed by atoms with E-state index in [1.807, 2.05) is 41.3 Å². The molecule has 0 unspecified atom stereocenters. The van der Waals surface area contributed by atoms with Gasteiger partial charge in [0, 0.05) is 37.1 Å². The van der Waals surface area contributed by atoms with Crippen molar-refractivity contribution in [2.75, 3.05) is 33.2 Å². The molecular formula is C24H24N4O. The number of likely N-dealkylation sites (N-methyl/N-ethyl adjacent to an activating group) is 1. The van der Waals surface area contributed by atoms with E-state index in [2.05, 4.69) is 31.0 Å². The molecule has 0 atom stereocenters. The minimum absolute atomic E-state index is 0.188. The highest BCUT2D eigenvalue weighted by atomic mass is 16.2. The van der Waals surface area contributed by atoms with Crippen LogP contribution in [0.4, 0.5) is 0 Å². The number of carbonyl (C=O) groups is 1. The van der Waals surface area contributed by atoms with Crippen LogP contribution in [0.3, 0.4) is 0 Å². The second-order valence-electron chi connectivity index (χ2n) is 7.73. The Labute approximate surface area is 171 Å². The van der Waals surface area contributed by atoms with Gasteiger partial charge in [-0.1, -0.05) is 18.2 Å². The number of hydrogen-bond acceptors (Lipinski definition) is 4. The lowest BCUT2D eigenvalue weighted by Crippen LogP contribution is -2.47. The first-order chi connectivity index (χ1) is 14.0. The van der Waals surface area contributed by atoms with Gasteiger partial charge in [0.25, 0.3) is 0 Å². The number of hydrogen-bond donors (Lipinski definition) is 0. The van der Waals surface area contributed by atoms with Gasteiger partial charge < -0.3 is 9.80 Å². The smallest absolute Gasteiger partial charge is 0.227 e. The van der Waals surface area contributed by atoms with Gasteiger partial charge >= 0.3 is 0 Å². The summed E-state index contributed by atoms with van der Waals surface area (Å²) in [6.45, 7) is 5.53. The maximum Gasteiger partial charge on any atom is 0.227 e. The largest absolute Gasteiger partial charge is 0.340 e. The highest BCUT2D eigenvalue weighted by Gasteiger charge is 2.19. The molecule has 2 aromatic carbocycles. The molecule has 0 saturated carbocycles. The summed E-state index contributed by atoms with van der Waals surface area (Å²) >= 11 is 0. The average Bonchev–Trinajstić information content (AvgIpc) is 2.74. The molecule has 29 heavy (non-hydrogen) atoms. The maximum absolute atomic E-state index is 12.7. The molecule has 0 spiro atoms. The van der Waals surface area contributed by atoms with Crippen molar-refractivity contribution in [3.63, 3.8) is 0 Å². The molecule has 1 amide bonds. The number of pyridine rings is 1. The van der Waals surface area contributed by atoms with Crippen LogP contribution in [0.5, 0.6) is 0 Å². The first-order valence-electron chi connectivity index (χ1n) is 9.90. The average molecular weight is 384 g/mol. The van der Waals surface area contributed by atoms with Crippen LogP contribution in [0.1, 0.15) is 16.7 Å².